The number of hydrogen-bond donors (Lipinski definition) is 1. The van der Waals surface area contributed by atoms with E-state index in [1.54, 1.807) is 0 Å². The minimum absolute atomic E-state index is 0.112. The highest BCUT2D eigenvalue weighted by Crippen LogP contribution is 2.37. The van der Waals surface area contributed by atoms with Crippen molar-refractivity contribution in [2.45, 2.75) is 18.8 Å². The van der Waals surface area contributed by atoms with Crippen molar-refractivity contribution < 1.29 is 14.3 Å². The maximum Gasteiger partial charge on any atom is 0.407 e. The number of carboxylic acid groups (broad SMARTS) is 1. The molecule has 108 valence electrons. The second-order valence-electron chi connectivity index (χ2n) is 5.20. The van der Waals surface area contributed by atoms with Crippen LogP contribution >= 0.6 is 0 Å². The Balaban J connectivity index is 1.82. The fourth-order valence-electron chi connectivity index (χ4n) is 3.01. The Labute approximate surface area is 116 Å². The zero-order chi connectivity index (χ0) is 14.1. The molecule has 1 fully saturated rings. The van der Waals surface area contributed by atoms with Gasteiger partial charge in [-0.3, -0.25) is 4.39 Å². The van der Waals surface area contributed by atoms with Gasteiger partial charge in [-0.2, -0.15) is 0 Å². The summed E-state index contributed by atoms with van der Waals surface area (Å²) in [5.41, 5.74) is 1.87. The van der Waals surface area contributed by atoms with Gasteiger partial charge in [-0.1, -0.05) is 0 Å². The van der Waals surface area contributed by atoms with Crippen LogP contribution in [-0.4, -0.2) is 58.9 Å². The molecule has 1 aliphatic heterocycles. The molecule has 1 saturated heterocycles. The second kappa shape index (κ2) is 5.22. The van der Waals surface area contributed by atoms with Crippen molar-refractivity contribution in [3.8, 4) is 0 Å². The molecular weight excluding hydrogens is 263 g/mol. The fraction of sp³-hybridized carbons (Fsp3) is 0.615. The van der Waals surface area contributed by atoms with Crippen LogP contribution < -0.4 is 4.90 Å². The predicted octanol–water partition coefficient (Wildman–Crippen LogP) is 1.28. The van der Waals surface area contributed by atoms with Crippen LogP contribution in [-0.2, 0) is 6.42 Å². The number of hydrogen-bond acceptors (Lipinski definition) is 4. The van der Waals surface area contributed by atoms with Crippen LogP contribution in [0.2, 0.25) is 0 Å². The van der Waals surface area contributed by atoms with Crippen LogP contribution in [0.1, 0.15) is 23.6 Å². The van der Waals surface area contributed by atoms with Gasteiger partial charge in [-0.25, -0.2) is 14.8 Å². The molecule has 1 atom stereocenters. The van der Waals surface area contributed by atoms with Crippen LogP contribution in [0.15, 0.2) is 6.33 Å². The molecule has 0 unspecified atom stereocenters. The molecule has 1 aromatic heterocycles. The van der Waals surface area contributed by atoms with E-state index in [4.69, 9.17) is 5.11 Å². The lowest BCUT2D eigenvalue weighted by Crippen LogP contribution is -2.48. The van der Waals surface area contributed by atoms with Gasteiger partial charge in [-0.15, -0.1) is 0 Å². The average molecular weight is 280 g/mol. The highest BCUT2D eigenvalue weighted by Gasteiger charge is 2.31. The molecule has 1 aliphatic carbocycles. The number of halogens is 1. The molecule has 20 heavy (non-hydrogen) atoms. The first-order chi connectivity index (χ1) is 9.70. The summed E-state index contributed by atoms with van der Waals surface area (Å²) in [5, 5.41) is 8.96. The van der Waals surface area contributed by atoms with Gasteiger partial charge >= 0.3 is 6.09 Å². The fourth-order valence-corrected chi connectivity index (χ4v) is 3.01. The number of piperazine rings is 1. The van der Waals surface area contributed by atoms with Crippen molar-refractivity contribution in [2.24, 2.45) is 0 Å². The van der Waals surface area contributed by atoms with Crippen LogP contribution in [0, 0.1) is 0 Å². The maximum absolute atomic E-state index is 13.1. The standard InChI is InChI=1S/C13H17FN4O2/c14-7-9-1-2-10-11(9)12(16-8-15-10)17-3-5-18(6-4-17)13(19)20/h8-9H,1-7H2,(H,19,20)/t9-/m0/s1. The maximum atomic E-state index is 13.1. The Morgan fingerprint density at radius 3 is 2.75 bits per heavy atom. The van der Waals surface area contributed by atoms with E-state index >= 15 is 0 Å². The zero-order valence-corrected chi connectivity index (χ0v) is 11.1. The first kappa shape index (κ1) is 13.1. The topological polar surface area (TPSA) is 69.6 Å². The van der Waals surface area contributed by atoms with Crippen LogP contribution in [0.4, 0.5) is 15.0 Å². The van der Waals surface area contributed by atoms with Gasteiger partial charge in [0.05, 0.1) is 6.67 Å². The van der Waals surface area contributed by atoms with Gasteiger partial charge < -0.3 is 14.9 Å². The van der Waals surface area contributed by atoms with Gasteiger partial charge in [-0.05, 0) is 12.8 Å². The Hall–Kier alpha value is -1.92. The number of anilines is 1. The van der Waals surface area contributed by atoms with Crippen molar-refractivity contribution in [1.29, 1.82) is 0 Å². The summed E-state index contributed by atoms with van der Waals surface area (Å²) in [5.74, 6) is 0.680. The summed E-state index contributed by atoms with van der Waals surface area (Å²) in [6.45, 7) is 1.70. The minimum Gasteiger partial charge on any atom is -0.465 e. The molecule has 3 rings (SSSR count). The summed E-state index contributed by atoms with van der Waals surface area (Å²) in [6.07, 6.45) is 2.22. The van der Waals surface area contributed by atoms with Gasteiger partial charge in [0, 0.05) is 43.4 Å². The molecule has 0 aromatic carbocycles. The van der Waals surface area contributed by atoms with E-state index < -0.39 is 6.09 Å². The zero-order valence-electron chi connectivity index (χ0n) is 11.1. The van der Waals surface area contributed by atoms with Crippen LogP contribution in [0.5, 0.6) is 0 Å². The largest absolute Gasteiger partial charge is 0.465 e. The highest BCUT2D eigenvalue weighted by molar-refractivity contribution is 5.65. The molecule has 6 nitrogen and oxygen atoms in total. The Kier molecular flexibility index (Phi) is 3.42. The van der Waals surface area contributed by atoms with Gasteiger partial charge in [0.25, 0.3) is 0 Å². The molecule has 2 aliphatic rings. The summed E-state index contributed by atoms with van der Waals surface area (Å²) in [7, 11) is 0. The number of aromatic nitrogens is 2. The van der Waals surface area contributed by atoms with E-state index in [1.807, 2.05) is 4.90 Å². The first-order valence-corrected chi connectivity index (χ1v) is 6.83. The third kappa shape index (κ3) is 2.17. The second-order valence-corrected chi connectivity index (χ2v) is 5.20. The van der Waals surface area contributed by atoms with Crippen molar-refractivity contribution in [2.75, 3.05) is 37.8 Å². The third-order valence-corrected chi connectivity index (χ3v) is 4.12. The molecular formula is C13H17FN4O2. The average Bonchev–Trinajstić information content (AvgIpc) is 2.90. The molecule has 2 heterocycles. The third-order valence-electron chi connectivity index (χ3n) is 4.12. The molecule has 0 spiro atoms. The molecule has 0 radical (unpaired) electrons. The number of alkyl halides is 1. The number of aryl methyl sites for hydroxylation is 1. The van der Waals surface area contributed by atoms with E-state index in [1.165, 1.54) is 11.2 Å². The smallest absolute Gasteiger partial charge is 0.407 e. The quantitative estimate of drug-likeness (QED) is 0.883. The van der Waals surface area contributed by atoms with Gasteiger partial charge in [0.1, 0.15) is 12.1 Å². The van der Waals surface area contributed by atoms with Crippen molar-refractivity contribution in [3.63, 3.8) is 0 Å². The molecule has 1 aromatic rings. The Morgan fingerprint density at radius 2 is 2.10 bits per heavy atom. The number of amides is 1. The Bertz CT molecular complexity index is 517. The number of rotatable bonds is 2. The number of nitrogens with zero attached hydrogens (tertiary/aromatic N) is 4. The highest BCUT2D eigenvalue weighted by atomic mass is 19.1. The minimum atomic E-state index is -0.890. The molecule has 0 bridgehead atoms. The van der Waals surface area contributed by atoms with Crippen molar-refractivity contribution >= 4 is 11.9 Å². The normalized spacial score (nSPS) is 21.9. The number of fused-ring (bicyclic) bond motifs is 1. The van der Waals surface area contributed by atoms with Crippen molar-refractivity contribution in [1.82, 2.24) is 14.9 Å². The van der Waals surface area contributed by atoms with E-state index in [-0.39, 0.29) is 12.6 Å². The van der Waals surface area contributed by atoms with Crippen molar-refractivity contribution in [3.05, 3.63) is 17.6 Å². The summed E-state index contributed by atoms with van der Waals surface area (Å²) in [4.78, 5) is 22.9. The SMILES string of the molecule is O=C(O)N1CCN(c2ncnc3c2[C@H](CF)CC3)CC1. The molecule has 7 heteroatoms. The summed E-state index contributed by atoms with van der Waals surface area (Å²) in [6, 6.07) is 0. The lowest BCUT2D eigenvalue weighted by Gasteiger charge is -2.35. The lowest BCUT2D eigenvalue weighted by atomic mass is 10.0. The van der Waals surface area contributed by atoms with Crippen LogP contribution in [0.25, 0.3) is 0 Å². The summed E-state index contributed by atoms with van der Waals surface area (Å²) < 4.78 is 13.1. The first-order valence-electron chi connectivity index (χ1n) is 6.83. The Morgan fingerprint density at radius 1 is 1.35 bits per heavy atom. The van der Waals surface area contributed by atoms with Gasteiger partial charge in [0.2, 0.25) is 0 Å². The van der Waals surface area contributed by atoms with E-state index in [2.05, 4.69) is 9.97 Å². The molecule has 1 amide bonds. The monoisotopic (exact) mass is 280 g/mol. The van der Waals surface area contributed by atoms with E-state index in [0.717, 1.165) is 29.9 Å². The van der Waals surface area contributed by atoms with Crippen LogP contribution in [0.3, 0.4) is 0 Å². The molecule has 1 N–H and O–H groups in total. The van der Waals surface area contributed by atoms with E-state index in [9.17, 15) is 9.18 Å². The molecule has 0 saturated carbocycles. The number of carbonyl (C=O) groups is 1. The summed E-state index contributed by atoms with van der Waals surface area (Å²) >= 11 is 0. The predicted molar refractivity (Wildman–Crippen MR) is 70.9 cm³/mol. The van der Waals surface area contributed by atoms with Gasteiger partial charge in [0.15, 0.2) is 0 Å². The lowest BCUT2D eigenvalue weighted by molar-refractivity contribution is 0.142. The van der Waals surface area contributed by atoms with E-state index in [0.29, 0.717) is 26.2 Å².